The summed E-state index contributed by atoms with van der Waals surface area (Å²) in [6.45, 7) is 0. The van der Waals surface area contributed by atoms with Crippen molar-refractivity contribution in [2.24, 2.45) is 5.92 Å². The molecule has 3 rings (SSSR count). The van der Waals surface area contributed by atoms with E-state index in [2.05, 4.69) is 54.8 Å². The topological polar surface area (TPSA) is 12.0 Å². The molecule has 0 saturated heterocycles. The highest BCUT2D eigenvalue weighted by atomic mass is 14.9. The highest BCUT2D eigenvalue weighted by Crippen LogP contribution is 2.36. The third-order valence-corrected chi connectivity index (χ3v) is 4.34. The van der Waals surface area contributed by atoms with Crippen LogP contribution >= 0.6 is 0 Å². The number of benzene rings is 2. The maximum Gasteiger partial charge on any atom is 0.0326 e. The maximum absolute atomic E-state index is 3.51. The van der Waals surface area contributed by atoms with Gasteiger partial charge in [-0.1, -0.05) is 61.7 Å². The molecule has 1 unspecified atom stereocenters. The van der Waals surface area contributed by atoms with Crippen LogP contribution in [0.4, 0.5) is 0 Å². The lowest BCUT2D eigenvalue weighted by Gasteiger charge is -2.30. The van der Waals surface area contributed by atoms with Crippen molar-refractivity contribution < 1.29 is 0 Å². The van der Waals surface area contributed by atoms with Gasteiger partial charge in [0.1, 0.15) is 0 Å². The Morgan fingerprint density at radius 1 is 1.11 bits per heavy atom. The van der Waals surface area contributed by atoms with Crippen molar-refractivity contribution in [3.63, 3.8) is 0 Å². The molecule has 0 amide bonds. The third-order valence-electron chi connectivity index (χ3n) is 4.34. The summed E-state index contributed by atoms with van der Waals surface area (Å²) in [7, 11) is 2.09. The molecule has 0 radical (unpaired) electrons. The second-order valence-electron chi connectivity index (χ2n) is 5.44. The Kier molecular flexibility index (Phi) is 3.33. The summed E-state index contributed by atoms with van der Waals surface area (Å²) in [5.74, 6) is 0.932. The molecule has 0 aliphatic heterocycles. The predicted molar refractivity (Wildman–Crippen MR) is 77.7 cm³/mol. The molecule has 1 N–H and O–H groups in total. The van der Waals surface area contributed by atoms with E-state index in [9.17, 15) is 0 Å². The molecule has 1 aliphatic carbocycles. The van der Waals surface area contributed by atoms with Gasteiger partial charge in [-0.15, -0.1) is 0 Å². The predicted octanol–water partition coefficient (Wildman–Crippen LogP) is 4.29. The van der Waals surface area contributed by atoms with Gasteiger partial charge in [-0.2, -0.15) is 0 Å². The molecule has 1 saturated carbocycles. The van der Waals surface area contributed by atoms with Gasteiger partial charge in [0.05, 0.1) is 0 Å². The molecule has 0 heterocycles. The average molecular weight is 239 g/mol. The minimum Gasteiger partial charge on any atom is -0.313 e. The number of hydrogen-bond donors (Lipinski definition) is 1. The first-order valence-corrected chi connectivity index (χ1v) is 7.03. The van der Waals surface area contributed by atoms with Crippen molar-refractivity contribution in [2.45, 2.75) is 31.7 Å². The third kappa shape index (κ3) is 2.15. The summed E-state index contributed by atoms with van der Waals surface area (Å²) in [4.78, 5) is 0. The van der Waals surface area contributed by atoms with Crippen LogP contribution in [0, 0.1) is 5.92 Å². The van der Waals surface area contributed by atoms with Crippen LogP contribution in [0.3, 0.4) is 0 Å². The second kappa shape index (κ2) is 5.11. The average Bonchev–Trinajstić information content (AvgIpc) is 2.38. The number of nitrogens with one attached hydrogen (secondary N) is 1. The van der Waals surface area contributed by atoms with Crippen LogP contribution in [-0.4, -0.2) is 7.05 Å². The fourth-order valence-electron chi connectivity index (χ4n) is 3.02. The number of fused-ring (bicyclic) bond motifs is 1. The Bertz CT molecular complexity index is 523. The lowest BCUT2D eigenvalue weighted by atomic mass is 9.79. The molecule has 1 heteroatoms. The van der Waals surface area contributed by atoms with Crippen LogP contribution in [0.1, 0.15) is 37.3 Å². The molecule has 1 fully saturated rings. The van der Waals surface area contributed by atoms with Crippen LogP contribution in [-0.2, 0) is 0 Å². The zero-order valence-electron chi connectivity index (χ0n) is 11.0. The highest BCUT2D eigenvalue weighted by molar-refractivity contribution is 5.86. The van der Waals surface area contributed by atoms with Crippen LogP contribution in [0.15, 0.2) is 42.5 Å². The van der Waals surface area contributed by atoms with Gasteiger partial charge < -0.3 is 5.32 Å². The second-order valence-corrected chi connectivity index (χ2v) is 5.44. The Morgan fingerprint density at radius 3 is 2.61 bits per heavy atom. The smallest absolute Gasteiger partial charge is 0.0326 e. The van der Waals surface area contributed by atoms with E-state index in [4.69, 9.17) is 0 Å². The van der Waals surface area contributed by atoms with E-state index in [-0.39, 0.29) is 0 Å². The van der Waals surface area contributed by atoms with E-state index >= 15 is 0 Å². The molecule has 2 aromatic rings. The van der Waals surface area contributed by atoms with Crippen molar-refractivity contribution in [1.82, 2.24) is 5.32 Å². The standard InChI is InChI=1S/C17H21N/c1-18-17(12-13-6-4-7-13)16-11-5-9-14-8-2-3-10-15(14)16/h2-3,5,8-11,13,17-18H,4,6-7,12H2,1H3. The minimum absolute atomic E-state index is 0.501. The molecule has 0 aromatic heterocycles. The van der Waals surface area contributed by atoms with Gasteiger partial charge in [-0.3, -0.25) is 0 Å². The highest BCUT2D eigenvalue weighted by Gasteiger charge is 2.22. The lowest BCUT2D eigenvalue weighted by Crippen LogP contribution is -2.23. The number of rotatable bonds is 4. The first-order valence-electron chi connectivity index (χ1n) is 7.03. The molecule has 2 aromatic carbocycles. The van der Waals surface area contributed by atoms with Gasteiger partial charge in [0.15, 0.2) is 0 Å². The maximum atomic E-state index is 3.51. The van der Waals surface area contributed by atoms with Crippen molar-refractivity contribution in [1.29, 1.82) is 0 Å². The molecular formula is C17H21N. The Hall–Kier alpha value is -1.34. The number of hydrogen-bond acceptors (Lipinski definition) is 1. The van der Waals surface area contributed by atoms with Gasteiger partial charge in [-0.05, 0) is 35.7 Å². The van der Waals surface area contributed by atoms with Gasteiger partial charge >= 0.3 is 0 Å². The zero-order valence-corrected chi connectivity index (χ0v) is 11.0. The van der Waals surface area contributed by atoms with E-state index in [0.717, 1.165) is 5.92 Å². The zero-order chi connectivity index (χ0) is 12.4. The molecule has 94 valence electrons. The van der Waals surface area contributed by atoms with E-state index < -0.39 is 0 Å². The fraction of sp³-hybridized carbons (Fsp3) is 0.412. The summed E-state index contributed by atoms with van der Waals surface area (Å²) in [5.41, 5.74) is 1.46. The monoisotopic (exact) mass is 239 g/mol. The molecule has 18 heavy (non-hydrogen) atoms. The van der Waals surface area contributed by atoms with Crippen molar-refractivity contribution in [2.75, 3.05) is 7.05 Å². The molecule has 0 spiro atoms. The van der Waals surface area contributed by atoms with Gasteiger partial charge in [0, 0.05) is 6.04 Å². The van der Waals surface area contributed by atoms with Gasteiger partial charge in [0.2, 0.25) is 0 Å². The van der Waals surface area contributed by atoms with E-state index in [1.54, 1.807) is 0 Å². The largest absolute Gasteiger partial charge is 0.313 e. The van der Waals surface area contributed by atoms with Crippen LogP contribution in [0.2, 0.25) is 0 Å². The lowest BCUT2D eigenvalue weighted by molar-refractivity contribution is 0.266. The SMILES string of the molecule is CNC(CC1CCC1)c1cccc2ccccc12. The van der Waals surface area contributed by atoms with Crippen LogP contribution in [0.25, 0.3) is 10.8 Å². The van der Waals surface area contributed by atoms with E-state index in [0.29, 0.717) is 6.04 Å². The normalized spacial score (nSPS) is 17.6. The van der Waals surface area contributed by atoms with E-state index in [1.165, 1.54) is 42.0 Å². The molecule has 1 nitrogen and oxygen atoms in total. The molecular weight excluding hydrogens is 218 g/mol. The molecule has 1 atom stereocenters. The first-order chi connectivity index (χ1) is 8.88. The summed E-state index contributed by atoms with van der Waals surface area (Å²) in [6, 6.07) is 15.9. The summed E-state index contributed by atoms with van der Waals surface area (Å²) < 4.78 is 0. The van der Waals surface area contributed by atoms with Crippen LogP contribution in [0.5, 0.6) is 0 Å². The minimum atomic E-state index is 0.501. The first kappa shape index (κ1) is 11.7. The van der Waals surface area contributed by atoms with Gasteiger partial charge in [0.25, 0.3) is 0 Å². The van der Waals surface area contributed by atoms with Gasteiger partial charge in [-0.25, -0.2) is 0 Å². The Balaban J connectivity index is 1.95. The summed E-state index contributed by atoms with van der Waals surface area (Å²) >= 11 is 0. The summed E-state index contributed by atoms with van der Waals surface area (Å²) in [5, 5.41) is 6.26. The quantitative estimate of drug-likeness (QED) is 0.839. The van der Waals surface area contributed by atoms with Crippen molar-refractivity contribution in [3.05, 3.63) is 48.0 Å². The molecule has 1 aliphatic rings. The fourth-order valence-corrected chi connectivity index (χ4v) is 3.02. The molecule has 0 bridgehead atoms. The van der Waals surface area contributed by atoms with Crippen molar-refractivity contribution >= 4 is 10.8 Å². The van der Waals surface area contributed by atoms with Crippen molar-refractivity contribution in [3.8, 4) is 0 Å². The van der Waals surface area contributed by atoms with E-state index in [1.807, 2.05) is 0 Å². The Labute approximate surface area is 109 Å². The van der Waals surface area contributed by atoms with Crippen LogP contribution < -0.4 is 5.32 Å². The Morgan fingerprint density at radius 2 is 1.89 bits per heavy atom. The summed E-state index contributed by atoms with van der Waals surface area (Å²) in [6.07, 6.45) is 5.55.